The zero-order valence-corrected chi connectivity index (χ0v) is 16.8. The summed E-state index contributed by atoms with van der Waals surface area (Å²) in [5.41, 5.74) is 2.12. The van der Waals surface area contributed by atoms with Crippen molar-refractivity contribution in [3.63, 3.8) is 0 Å². The van der Waals surface area contributed by atoms with E-state index >= 15 is 0 Å². The number of carbonyl (C=O) groups excluding carboxylic acids is 1. The number of rotatable bonds is 6. The molecule has 0 atom stereocenters. The second-order valence-electron chi connectivity index (χ2n) is 6.27. The van der Waals surface area contributed by atoms with Crippen molar-refractivity contribution < 1.29 is 14.3 Å². The number of pyridine rings is 1. The van der Waals surface area contributed by atoms with Crippen molar-refractivity contribution in [2.75, 3.05) is 19.1 Å². The summed E-state index contributed by atoms with van der Waals surface area (Å²) in [5, 5.41) is 0.603. The normalized spacial score (nSPS) is 10.7. The van der Waals surface area contributed by atoms with Crippen LogP contribution in [0.4, 0.5) is 5.13 Å². The lowest BCUT2D eigenvalue weighted by Crippen LogP contribution is -2.30. The predicted octanol–water partition coefficient (Wildman–Crippen LogP) is 4.56. The van der Waals surface area contributed by atoms with Gasteiger partial charge in [0.2, 0.25) is 0 Å². The third kappa shape index (κ3) is 4.05. The minimum Gasteiger partial charge on any atom is -0.497 e. The molecule has 6 nitrogen and oxygen atoms in total. The Bertz CT molecular complexity index is 1140. The molecule has 29 heavy (non-hydrogen) atoms. The Labute approximate surface area is 172 Å². The van der Waals surface area contributed by atoms with Gasteiger partial charge in [-0.15, -0.1) is 0 Å². The van der Waals surface area contributed by atoms with E-state index in [-0.39, 0.29) is 5.91 Å². The highest BCUT2D eigenvalue weighted by Crippen LogP contribution is 2.33. The molecule has 0 saturated carbocycles. The molecule has 7 heteroatoms. The molecule has 0 fully saturated rings. The summed E-state index contributed by atoms with van der Waals surface area (Å²) in [5.74, 6) is 1.21. The largest absolute Gasteiger partial charge is 0.497 e. The van der Waals surface area contributed by atoms with Crippen LogP contribution in [0.5, 0.6) is 11.5 Å². The van der Waals surface area contributed by atoms with E-state index in [9.17, 15) is 4.79 Å². The van der Waals surface area contributed by atoms with Gasteiger partial charge in [0.15, 0.2) is 5.13 Å². The van der Waals surface area contributed by atoms with E-state index in [2.05, 4.69) is 9.97 Å². The molecule has 0 saturated heterocycles. The van der Waals surface area contributed by atoms with Gasteiger partial charge in [0, 0.05) is 11.8 Å². The molecule has 0 aliphatic carbocycles. The van der Waals surface area contributed by atoms with Gasteiger partial charge in [-0.3, -0.25) is 14.7 Å². The molecule has 0 spiro atoms. The Morgan fingerprint density at radius 3 is 2.59 bits per heavy atom. The first-order valence-corrected chi connectivity index (χ1v) is 9.80. The molecule has 4 rings (SSSR count). The number of fused-ring (bicyclic) bond motifs is 1. The van der Waals surface area contributed by atoms with Crippen LogP contribution in [0.25, 0.3) is 10.2 Å². The number of carbonyl (C=O) groups is 1. The predicted molar refractivity (Wildman–Crippen MR) is 114 cm³/mol. The van der Waals surface area contributed by atoms with Crippen LogP contribution in [-0.4, -0.2) is 30.1 Å². The summed E-state index contributed by atoms with van der Waals surface area (Å²) in [4.78, 5) is 24.1. The Kier molecular flexibility index (Phi) is 5.39. The minimum atomic E-state index is -0.166. The van der Waals surface area contributed by atoms with Gasteiger partial charge >= 0.3 is 0 Å². The summed E-state index contributed by atoms with van der Waals surface area (Å²) in [6, 6.07) is 18.4. The van der Waals surface area contributed by atoms with Gasteiger partial charge < -0.3 is 9.47 Å². The van der Waals surface area contributed by atoms with E-state index in [1.165, 1.54) is 11.3 Å². The molecule has 4 aromatic rings. The lowest BCUT2D eigenvalue weighted by atomic mass is 10.2. The highest BCUT2D eigenvalue weighted by molar-refractivity contribution is 7.22. The summed E-state index contributed by atoms with van der Waals surface area (Å²) >= 11 is 1.44. The number of nitrogens with zero attached hydrogens (tertiary/aromatic N) is 3. The van der Waals surface area contributed by atoms with Crippen LogP contribution in [0.2, 0.25) is 0 Å². The number of methoxy groups -OCH3 is 2. The number of hydrogen-bond donors (Lipinski definition) is 0. The Morgan fingerprint density at radius 2 is 1.83 bits per heavy atom. The number of benzene rings is 2. The van der Waals surface area contributed by atoms with Gasteiger partial charge in [0.05, 0.1) is 36.7 Å². The van der Waals surface area contributed by atoms with E-state index in [1.54, 1.807) is 43.5 Å². The molecular formula is C22H19N3O3S. The van der Waals surface area contributed by atoms with Gasteiger partial charge in [-0.1, -0.05) is 23.5 Å². The van der Waals surface area contributed by atoms with Gasteiger partial charge in [-0.25, -0.2) is 4.98 Å². The van der Waals surface area contributed by atoms with Crippen molar-refractivity contribution >= 4 is 32.6 Å². The second kappa shape index (κ2) is 8.28. The maximum absolute atomic E-state index is 13.4. The number of ether oxygens (including phenoxy) is 2. The van der Waals surface area contributed by atoms with Crippen molar-refractivity contribution in [2.45, 2.75) is 6.54 Å². The Morgan fingerprint density at radius 1 is 1.00 bits per heavy atom. The molecule has 0 radical (unpaired) electrons. The number of thiazole rings is 1. The molecule has 2 aromatic heterocycles. The average molecular weight is 405 g/mol. The summed E-state index contributed by atoms with van der Waals surface area (Å²) in [6.45, 7) is 0.313. The minimum absolute atomic E-state index is 0.166. The van der Waals surface area contributed by atoms with Gasteiger partial charge in [-0.2, -0.15) is 0 Å². The first kappa shape index (κ1) is 18.9. The van der Waals surface area contributed by atoms with Crippen LogP contribution in [0.15, 0.2) is 66.9 Å². The monoisotopic (exact) mass is 405 g/mol. The van der Waals surface area contributed by atoms with Crippen LogP contribution in [0.1, 0.15) is 16.1 Å². The van der Waals surface area contributed by atoms with Gasteiger partial charge in [-0.05, 0) is 48.5 Å². The first-order chi connectivity index (χ1) is 14.2. The molecule has 2 aromatic carbocycles. The fourth-order valence-electron chi connectivity index (χ4n) is 2.93. The fourth-order valence-corrected chi connectivity index (χ4v) is 3.92. The zero-order chi connectivity index (χ0) is 20.2. The maximum Gasteiger partial charge on any atom is 0.260 e. The second-order valence-corrected chi connectivity index (χ2v) is 7.28. The quantitative estimate of drug-likeness (QED) is 0.471. The molecule has 0 aliphatic heterocycles. The molecule has 1 amide bonds. The smallest absolute Gasteiger partial charge is 0.260 e. The summed E-state index contributed by atoms with van der Waals surface area (Å²) < 4.78 is 11.5. The molecule has 0 bridgehead atoms. The average Bonchev–Trinajstić information content (AvgIpc) is 3.20. The van der Waals surface area contributed by atoms with Crippen LogP contribution in [0, 0.1) is 0 Å². The highest BCUT2D eigenvalue weighted by atomic mass is 32.1. The Hall–Kier alpha value is -3.45. The standard InChI is InChI=1S/C22H19N3O3S/c1-27-17-8-5-6-15(12-17)21(26)25(14-16-7-3-4-11-23-16)22-24-19-10-9-18(28-2)13-20(19)29-22/h3-13H,14H2,1-2H3. The van der Waals surface area contributed by atoms with Crippen molar-refractivity contribution in [1.82, 2.24) is 9.97 Å². The lowest BCUT2D eigenvalue weighted by Gasteiger charge is -2.20. The van der Waals surface area contributed by atoms with Crippen molar-refractivity contribution in [3.05, 3.63) is 78.1 Å². The van der Waals surface area contributed by atoms with E-state index in [0.29, 0.717) is 23.0 Å². The number of hydrogen-bond acceptors (Lipinski definition) is 6. The third-order valence-corrected chi connectivity index (χ3v) is 5.46. The Balaban J connectivity index is 1.76. The van der Waals surface area contributed by atoms with Crippen LogP contribution >= 0.6 is 11.3 Å². The number of anilines is 1. The van der Waals surface area contributed by atoms with Crippen molar-refractivity contribution in [2.24, 2.45) is 0 Å². The molecule has 0 aliphatic rings. The van der Waals surface area contributed by atoms with E-state index in [1.807, 2.05) is 42.5 Å². The third-order valence-electron chi connectivity index (χ3n) is 4.42. The molecule has 0 N–H and O–H groups in total. The van der Waals surface area contributed by atoms with E-state index < -0.39 is 0 Å². The van der Waals surface area contributed by atoms with Gasteiger partial charge in [0.1, 0.15) is 11.5 Å². The fraction of sp³-hybridized carbons (Fsp3) is 0.136. The highest BCUT2D eigenvalue weighted by Gasteiger charge is 2.22. The van der Waals surface area contributed by atoms with E-state index in [4.69, 9.17) is 9.47 Å². The SMILES string of the molecule is COc1cccc(C(=O)N(Cc2ccccn2)c2nc3ccc(OC)cc3s2)c1. The van der Waals surface area contributed by atoms with Gasteiger partial charge in [0.25, 0.3) is 5.91 Å². The maximum atomic E-state index is 13.4. The lowest BCUT2D eigenvalue weighted by molar-refractivity contribution is 0.0984. The topological polar surface area (TPSA) is 64.5 Å². The number of amides is 1. The molecule has 2 heterocycles. The van der Waals surface area contributed by atoms with Crippen LogP contribution in [-0.2, 0) is 6.54 Å². The summed E-state index contributed by atoms with van der Waals surface area (Å²) in [6.07, 6.45) is 1.72. The zero-order valence-electron chi connectivity index (χ0n) is 16.0. The van der Waals surface area contributed by atoms with Crippen LogP contribution in [0.3, 0.4) is 0 Å². The molecule has 0 unspecified atom stereocenters. The van der Waals surface area contributed by atoms with Crippen molar-refractivity contribution in [1.29, 1.82) is 0 Å². The first-order valence-electron chi connectivity index (χ1n) is 8.98. The van der Waals surface area contributed by atoms with E-state index in [0.717, 1.165) is 21.7 Å². The van der Waals surface area contributed by atoms with Crippen LogP contribution < -0.4 is 14.4 Å². The van der Waals surface area contributed by atoms with Crippen molar-refractivity contribution in [3.8, 4) is 11.5 Å². The summed E-state index contributed by atoms with van der Waals surface area (Å²) in [7, 11) is 3.21. The molecular weight excluding hydrogens is 386 g/mol. The molecule has 146 valence electrons. The number of aromatic nitrogens is 2.